The van der Waals surface area contributed by atoms with Crippen molar-refractivity contribution in [3.8, 4) is 0 Å². The third-order valence-electron chi connectivity index (χ3n) is 3.77. The Kier molecular flexibility index (Phi) is 3.61. The van der Waals surface area contributed by atoms with Gasteiger partial charge in [0.25, 0.3) is 5.91 Å². The second kappa shape index (κ2) is 5.40. The number of rotatable bonds is 2. The molecule has 0 N–H and O–H groups in total. The minimum atomic E-state index is 0.0637. The van der Waals surface area contributed by atoms with Gasteiger partial charge in [0.1, 0.15) is 10.8 Å². The molecule has 1 fully saturated rings. The molecule has 106 valence electrons. The molecular formula is C15H18N2O2S. The first kappa shape index (κ1) is 13.4. The molecule has 0 spiro atoms. The van der Waals surface area contributed by atoms with Crippen molar-refractivity contribution < 1.29 is 9.21 Å². The van der Waals surface area contributed by atoms with E-state index in [0.717, 1.165) is 36.5 Å². The molecule has 3 heterocycles. The molecule has 0 radical (unpaired) electrons. The Morgan fingerprint density at radius 1 is 1.45 bits per heavy atom. The number of piperidine rings is 1. The van der Waals surface area contributed by atoms with Crippen molar-refractivity contribution in [3.05, 3.63) is 39.7 Å². The Morgan fingerprint density at radius 3 is 2.95 bits per heavy atom. The van der Waals surface area contributed by atoms with Gasteiger partial charge in [0, 0.05) is 17.6 Å². The number of likely N-dealkylation sites (tertiary alicyclic amines) is 1. The number of aromatic nitrogens is 1. The molecule has 0 aromatic carbocycles. The highest BCUT2D eigenvalue weighted by Crippen LogP contribution is 2.34. The average Bonchev–Trinajstić information content (AvgIpc) is 3.07. The summed E-state index contributed by atoms with van der Waals surface area (Å²) < 4.78 is 5.26. The predicted octanol–water partition coefficient (Wildman–Crippen LogP) is 3.72. The quantitative estimate of drug-likeness (QED) is 0.846. The largest absolute Gasteiger partial charge is 0.469 e. The van der Waals surface area contributed by atoms with E-state index in [9.17, 15) is 4.79 Å². The van der Waals surface area contributed by atoms with Crippen LogP contribution in [0.3, 0.4) is 0 Å². The van der Waals surface area contributed by atoms with Gasteiger partial charge in [0.2, 0.25) is 0 Å². The Morgan fingerprint density at radius 2 is 2.30 bits per heavy atom. The van der Waals surface area contributed by atoms with Crippen molar-refractivity contribution in [2.45, 2.75) is 39.2 Å². The Balaban J connectivity index is 1.89. The zero-order valence-electron chi connectivity index (χ0n) is 11.8. The smallest absolute Gasteiger partial charge is 0.257 e. The zero-order valence-corrected chi connectivity index (χ0v) is 12.6. The molecule has 4 nitrogen and oxygen atoms in total. The number of aryl methyl sites for hydroxylation is 2. The maximum atomic E-state index is 12.7. The molecule has 0 saturated carbocycles. The highest BCUT2D eigenvalue weighted by atomic mass is 32.1. The summed E-state index contributed by atoms with van der Waals surface area (Å²) in [5, 5.41) is 3.10. The van der Waals surface area contributed by atoms with Gasteiger partial charge in [-0.3, -0.25) is 4.79 Å². The summed E-state index contributed by atoms with van der Waals surface area (Å²) in [6.45, 7) is 4.63. The molecule has 1 amide bonds. The van der Waals surface area contributed by atoms with E-state index < -0.39 is 0 Å². The number of carbonyl (C=O) groups is 1. The second-order valence-corrected chi connectivity index (χ2v) is 6.12. The van der Waals surface area contributed by atoms with E-state index in [1.807, 2.05) is 18.7 Å². The first-order valence-corrected chi connectivity index (χ1v) is 7.82. The summed E-state index contributed by atoms with van der Waals surface area (Å²) in [5.41, 5.74) is 1.70. The molecule has 1 atom stereocenters. The summed E-state index contributed by atoms with van der Waals surface area (Å²) >= 11 is 1.65. The molecule has 0 bridgehead atoms. The third-order valence-corrected chi connectivity index (χ3v) is 4.84. The summed E-state index contributed by atoms with van der Waals surface area (Å²) in [4.78, 5) is 19.2. The maximum Gasteiger partial charge on any atom is 0.257 e. The SMILES string of the molecule is Cc1csc([C@H]2CCCCN2C(=O)c2ccoc2C)n1. The summed E-state index contributed by atoms with van der Waals surface area (Å²) in [5.74, 6) is 0.753. The lowest BCUT2D eigenvalue weighted by molar-refractivity contribution is 0.0609. The first-order chi connectivity index (χ1) is 9.66. The normalized spacial score (nSPS) is 19.3. The van der Waals surface area contributed by atoms with E-state index in [4.69, 9.17) is 4.42 Å². The van der Waals surface area contributed by atoms with Gasteiger partial charge in [-0.05, 0) is 39.2 Å². The number of furan rings is 1. The van der Waals surface area contributed by atoms with Crippen LogP contribution in [0.15, 0.2) is 22.1 Å². The lowest BCUT2D eigenvalue weighted by atomic mass is 10.0. The molecule has 3 rings (SSSR count). The van der Waals surface area contributed by atoms with Gasteiger partial charge in [-0.2, -0.15) is 0 Å². The van der Waals surface area contributed by atoms with Crippen molar-refractivity contribution in [3.63, 3.8) is 0 Å². The van der Waals surface area contributed by atoms with Crippen molar-refractivity contribution in [2.24, 2.45) is 0 Å². The van der Waals surface area contributed by atoms with Crippen LogP contribution in [-0.2, 0) is 0 Å². The Hall–Kier alpha value is -1.62. The highest BCUT2D eigenvalue weighted by molar-refractivity contribution is 7.09. The summed E-state index contributed by atoms with van der Waals surface area (Å²) in [7, 11) is 0. The topological polar surface area (TPSA) is 46.3 Å². The van der Waals surface area contributed by atoms with E-state index in [1.54, 1.807) is 23.7 Å². The molecule has 0 unspecified atom stereocenters. The molecule has 2 aromatic rings. The fraction of sp³-hybridized carbons (Fsp3) is 0.467. The molecule has 0 aliphatic carbocycles. The minimum absolute atomic E-state index is 0.0637. The van der Waals surface area contributed by atoms with Crippen LogP contribution in [0, 0.1) is 13.8 Å². The third kappa shape index (κ3) is 2.38. The second-order valence-electron chi connectivity index (χ2n) is 5.23. The van der Waals surface area contributed by atoms with Gasteiger partial charge in [0.05, 0.1) is 17.9 Å². The van der Waals surface area contributed by atoms with Gasteiger partial charge in [-0.15, -0.1) is 11.3 Å². The fourth-order valence-electron chi connectivity index (χ4n) is 2.72. The molecule has 1 aliphatic heterocycles. The average molecular weight is 290 g/mol. The number of amides is 1. The Labute approximate surface area is 122 Å². The lowest BCUT2D eigenvalue weighted by Crippen LogP contribution is -2.38. The van der Waals surface area contributed by atoms with Crippen molar-refractivity contribution in [1.82, 2.24) is 9.88 Å². The summed E-state index contributed by atoms with van der Waals surface area (Å²) in [6.07, 6.45) is 4.78. The molecule has 1 aliphatic rings. The Bertz CT molecular complexity index is 617. The van der Waals surface area contributed by atoms with Crippen LogP contribution < -0.4 is 0 Å². The van der Waals surface area contributed by atoms with Gasteiger partial charge < -0.3 is 9.32 Å². The molecule has 20 heavy (non-hydrogen) atoms. The monoisotopic (exact) mass is 290 g/mol. The van der Waals surface area contributed by atoms with E-state index in [-0.39, 0.29) is 11.9 Å². The van der Waals surface area contributed by atoms with Gasteiger partial charge in [-0.1, -0.05) is 0 Å². The van der Waals surface area contributed by atoms with Gasteiger partial charge in [-0.25, -0.2) is 4.98 Å². The fourth-order valence-corrected chi connectivity index (χ4v) is 3.66. The minimum Gasteiger partial charge on any atom is -0.469 e. The van der Waals surface area contributed by atoms with E-state index in [1.165, 1.54) is 0 Å². The molecule has 2 aromatic heterocycles. The highest BCUT2D eigenvalue weighted by Gasteiger charge is 2.31. The number of hydrogen-bond acceptors (Lipinski definition) is 4. The number of nitrogens with zero attached hydrogens (tertiary/aromatic N) is 2. The number of carbonyl (C=O) groups excluding carboxylic acids is 1. The van der Waals surface area contributed by atoms with Crippen LogP contribution in [0.2, 0.25) is 0 Å². The predicted molar refractivity (Wildman–Crippen MR) is 77.9 cm³/mol. The first-order valence-electron chi connectivity index (χ1n) is 6.94. The molecule has 5 heteroatoms. The number of thiazole rings is 1. The van der Waals surface area contributed by atoms with Gasteiger partial charge in [0.15, 0.2) is 0 Å². The lowest BCUT2D eigenvalue weighted by Gasteiger charge is -2.34. The maximum absolute atomic E-state index is 12.7. The van der Waals surface area contributed by atoms with Crippen LogP contribution in [-0.4, -0.2) is 22.3 Å². The van der Waals surface area contributed by atoms with Crippen LogP contribution >= 0.6 is 11.3 Å². The van der Waals surface area contributed by atoms with E-state index in [2.05, 4.69) is 10.4 Å². The van der Waals surface area contributed by atoms with Crippen LogP contribution in [0.4, 0.5) is 0 Å². The van der Waals surface area contributed by atoms with E-state index in [0.29, 0.717) is 11.3 Å². The van der Waals surface area contributed by atoms with Crippen LogP contribution in [0.5, 0.6) is 0 Å². The standard InChI is InChI=1S/C15H18N2O2S/c1-10-9-20-14(16-10)13-5-3-4-7-17(13)15(18)12-6-8-19-11(12)2/h6,8-9,13H,3-5,7H2,1-2H3/t13-/m1/s1. The summed E-state index contributed by atoms with van der Waals surface area (Å²) in [6, 6.07) is 1.88. The van der Waals surface area contributed by atoms with Crippen molar-refractivity contribution in [2.75, 3.05) is 6.54 Å². The van der Waals surface area contributed by atoms with Crippen LogP contribution in [0.1, 0.15) is 52.1 Å². The van der Waals surface area contributed by atoms with E-state index >= 15 is 0 Å². The number of hydrogen-bond donors (Lipinski definition) is 0. The molecule has 1 saturated heterocycles. The van der Waals surface area contributed by atoms with Crippen LogP contribution in [0.25, 0.3) is 0 Å². The van der Waals surface area contributed by atoms with Crippen molar-refractivity contribution >= 4 is 17.2 Å². The van der Waals surface area contributed by atoms with Crippen molar-refractivity contribution in [1.29, 1.82) is 0 Å². The zero-order chi connectivity index (χ0) is 14.1. The molecular weight excluding hydrogens is 272 g/mol. The van der Waals surface area contributed by atoms with Gasteiger partial charge >= 0.3 is 0 Å².